The molecule has 1 amide bonds. The Hall–Kier alpha value is -4.70. The van der Waals surface area contributed by atoms with Gasteiger partial charge in [-0.3, -0.25) is 9.78 Å². The van der Waals surface area contributed by atoms with Crippen LogP contribution < -0.4 is 0 Å². The van der Waals surface area contributed by atoms with Gasteiger partial charge in [-0.25, -0.2) is 9.67 Å². The molecule has 2 aromatic carbocycles. The van der Waals surface area contributed by atoms with Crippen LogP contribution in [0.3, 0.4) is 0 Å². The van der Waals surface area contributed by atoms with Gasteiger partial charge in [0.2, 0.25) is 11.7 Å². The molecule has 202 valence electrons. The SMILES string of the molecule is O=C(c1cc(-c2ccccc2)nc2c1cnn2Cc1ccncc1)N1CCCC1c1nc(-c2cccc(Br)c2)no1. The molecule has 0 spiro atoms. The summed E-state index contributed by atoms with van der Waals surface area (Å²) >= 11 is 3.50. The normalized spacial score (nSPS) is 15.0. The third-order valence-corrected chi connectivity index (χ3v) is 7.81. The molecule has 6 aromatic rings. The number of aromatic nitrogens is 6. The lowest BCUT2D eigenvalue weighted by molar-refractivity contribution is 0.0712. The second kappa shape index (κ2) is 10.7. The Morgan fingerprint density at radius 3 is 2.63 bits per heavy atom. The zero-order valence-corrected chi connectivity index (χ0v) is 23.5. The van der Waals surface area contributed by atoms with Crippen molar-refractivity contribution in [2.75, 3.05) is 6.54 Å². The number of hydrogen-bond donors (Lipinski definition) is 0. The molecular formula is C31H24BrN7O2. The number of benzene rings is 2. The zero-order valence-electron chi connectivity index (χ0n) is 21.9. The summed E-state index contributed by atoms with van der Waals surface area (Å²) < 4.78 is 8.47. The topological polar surface area (TPSA) is 103 Å². The minimum atomic E-state index is -0.314. The second-order valence-electron chi connectivity index (χ2n) is 9.94. The fourth-order valence-corrected chi connectivity index (χ4v) is 5.69. The number of amides is 1. The number of likely N-dealkylation sites (tertiary alicyclic amines) is 1. The molecule has 0 aliphatic carbocycles. The van der Waals surface area contributed by atoms with Crippen molar-refractivity contribution in [1.82, 2.24) is 34.8 Å². The van der Waals surface area contributed by atoms with Crippen LogP contribution in [0.2, 0.25) is 0 Å². The van der Waals surface area contributed by atoms with E-state index in [0.717, 1.165) is 34.0 Å². The van der Waals surface area contributed by atoms with Crippen LogP contribution in [0.25, 0.3) is 33.7 Å². The Morgan fingerprint density at radius 1 is 0.976 bits per heavy atom. The number of hydrogen-bond acceptors (Lipinski definition) is 7. The van der Waals surface area contributed by atoms with Crippen molar-refractivity contribution in [3.63, 3.8) is 0 Å². The maximum atomic E-state index is 14.3. The number of halogens is 1. The summed E-state index contributed by atoms with van der Waals surface area (Å²) in [6.07, 6.45) is 6.82. The van der Waals surface area contributed by atoms with Crippen molar-refractivity contribution >= 4 is 32.9 Å². The summed E-state index contributed by atoms with van der Waals surface area (Å²) in [6, 6.07) is 23.1. The third kappa shape index (κ3) is 4.91. The maximum absolute atomic E-state index is 14.3. The van der Waals surface area contributed by atoms with Gasteiger partial charge >= 0.3 is 0 Å². The molecular weight excluding hydrogens is 582 g/mol. The van der Waals surface area contributed by atoms with Crippen LogP contribution >= 0.6 is 15.9 Å². The molecule has 5 heterocycles. The van der Waals surface area contributed by atoms with Gasteiger partial charge in [0, 0.05) is 34.5 Å². The Bertz CT molecular complexity index is 1850. The first-order chi connectivity index (χ1) is 20.1. The monoisotopic (exact) mass is 605 g/mol. The van der Waals surface area contributed by atoms with Crippen molar-refractivity contribution in [2.24, 2.45) is 0 Å². The van der Waals surface area contributed by atoms with E-state index in [1.165, 1.54) is 0 Å². The molecule has 1 aliphatic rings. The Kier molecular flexibility index (Phi) is 6.60. The molecule has 0 radical (unpaired) electrons. The zero-order chi connectivity index (χ0) is 27.8. The molecule has 1 fully saturated rings. The highest BCUT2D eigenvalue weighted by molar-refractivity contribution is 9.10. The van der Waals surface area contributed by atoms with Crippen molar-refractivity contribution < 1.29 is 9.32 Å². The summed E-state index contributed by atoms with van der Waals surface area (Å²) in [5, 5.41) is 9.55. The van der Waals surface area contributed by atoms with Gasteiger partial charge in [-0.2, -0.15) is 10.1 Å². The van der Waals surface area contributed by atoms with Crippen LogP contribution in [0.5, 0.6) is 0 Å². The lowest BCUT2D eigenvalue weighted by atomic mass is 10.1. The van der Waals surface area contributed by atoms with Crippen LogP contribution in [0.4, 0.5) is 0 Å². The van der Waals surface area contributed by atoms with E-state index in [1.54, 1.807) is 18.6 Å². The maximum Gasteiger partial charge on any atom is 0.255 e. The highest BCUT2D eigenvalue weighted by atomic mass is 79.9. The van der Waals surface area contributed by atoms with Gasteiger partial charge in [0.25, 0.3) is 5.91 Å². The average Bonchev–Trinajstić information content (AvgIpc) is 3.78. The predicted octanol–water partition coefficient (Wildman–Crippen LogP) is 6.33. The third-order valence-electron chi connectivity index (χ3n) is 7.31. The number of pyridine rings is 2. The molecule has 1 atom stereocenters. The van der Waals surface area contributed by atoms with Crippen LogP contribution in [0, 0.1) is 0 Å². The van der Waals surface area contributed by atoms with E-state index in [0.29, 0.717) is 47.1 Å². The average molecular weight is 606 g/mol. The van der Waals surface area contributed by atoms with Crippen LogP contribution in [0.15, 0.2) is 100 Å². The van der Waals surface area contributed by atoms with Crippen LogP contribution in [-0.4, -0.2) is 47.2 Å². The first kappa shape index (κ1) is 25.3. The summed E-state index contributed by atoms with van der Waals surface area (Å²) in [5.41, 5.74) is 4.72. The lowest BCUT2D eigenvalue weighted by Crippen LogP contribution is -2.31. The van der Waals surface area contributed by atoms with Gasteiger partial charge in [-0.05, 0) is 48.7 Å². The van der Waals surface area contributed by atoms with E-state index in [4.69, 9.17) is 9.51 Å². The van der Waals surface area contributed by atoms with Crippen LogP contribution in [-0.2, 0) is 6.54 Å². The molecule has 1 unspecified atom stereocenters. The van der Waals surface area contributed by atoms with Gasteiger partial charge in [0.05, 0.1) is 29.4 Å². The molecule has 4 aromatic heterocycles. The lowest BCUT2D eigenvalue weighted by Gasteiger charge is -2.22. The minimum Gasteiger partial charge on any atom is -0.337 e. The van der Waals surface area contributed by atoms with E-state index in [2.05, 4.69) is 36.2 Å². The Labute approximate surface area is 244 Å². The summed E-state index contributed by atoms with van der Waals surface area (Å²) in [7, 11) is 0. The fraction of sp³-hybridized carbons (Fsp3) is 0.161. The number of fused-ring (bicyclic) bond motifs is 1. The van der Waals surface area contributed by atoms with E-state index < -0.39 is 0 Å². The molecule has 41 heavy (non-hydrogen) atoms. The molecule has 0 bridgehead atoms. The number of carbonyl (C=O) groups excluding carboxylic acids is 1. The first-order valence-corrected chi connectivity index (χ1v) is 14.1. The van der Waals surface area contributed by atoms with E-state index in [-0.39, 0.29) is 11.9 Å². The van der Waals surface area contributed by atoms with Gasteiger partial charge in [0.1, 0.15) is 6.04 Å². The highest BCUT2D eigenvalue weighted by Crippen LogP contribution is 2.35. The smallest absolute Gasteiger partial charge is 0.255 e. The molecule has 1 aliphatic heterocycles. The summed E-state index contributed by atoms with van der Waals surface area (Å²) in [4.78, 5) is 29.9. The fourth-order valence-electron chi connectivity index (χ4n) is 5.29. The van der Waals surface area contributed by atoms with Gasteiger partial charge in [-0.15, -0.1) is 0 Å². The number of nitrogens with zero attached hydrogens (tertiary/aromatic N) is 7. The summed E-state index contributed by atoms with van der Waals surface area (Å²) in [5.74, 6) is 0.825. The van der Waals surface area contributed by atoms with Gasteiger partial charge < -0.3 is 9.42 Å². The molecule has 10 heteroatoms. The summed E-state index contributed by atoms with van der Waals surface area (Å²) in [6.45, 7) is 1.10. The first-order valence-electron chi connectivity index (χ1n) is 13.4. The van der Waals surface area contributed by atoms with Crippen molar-refractivity contribution in [1.29, 1.82) is 0 Å². The van der Waals surface area contributed by atoms with Gasteiger partial charge in [-0.1, -0.05) is 63.6 Å². The molecule has 0 saturated carbocycles. The quantitative estimate of drug-likeness (QED) is 0.218. The van der Waals surface area contributed by atoms with Gasteiger partial charge in [0.15, 0.2) is 5.65 Å². The molecule has 1 saturated heterocycles. The van der Waals surface area contributed by atoms with Crippen molar-refractivity contribution in [3.8, 4) is 22.6 Å². The largest absolute Gasteiger partial charge is 0.337 e. The second-order valence-corrected chi connectivity index (χ2v) is 10.9. The van der Waals surface area contributed by atoms with Crippen molar-refractivity contribution in [3.05, 3.63) is 113 Å². The van der Waals surface area contributed by atoms with E-state index in [1.807, 2.05) is 82.4 Å². The number of carbonyl (C=O) groups is 1. The Morgan fingerprint density at radius 2 is 1.80 bits per heavy atom. The molecule has 9 nitrogen and oxygen atoms in total. The van der Waals surface area contributed by atoms with E-state index in [9.17, 15) is 4.79 Å². The predicted molar refractivity (Wildman–Crippen MR) is 157 cm³/mol. The minimum absolute atomic E-state index is 0.109. The van der Waals surface area contributed by atoms with Crippen molar-refractivity contribution in [2.45, 2.75) is 25.4 Å². The molecule has 7 rings (SSSR count). The molecule has 0 N–H and O–H groups in total. The standard InChI is InChI=1S/C31H24BrN7O2/c32-23-9-4-8-22(16-23)28-36-30(41-37-28)27-10-5-15-38(27)31(40)24-17-26(21-6-2-1-3-7-21)35-29-25(24)18-34-39(29)19-20-11-13-33-14-12-20/h1-4,6-9,11-14,16-18,27H,5,10,15,19H2. The highest BCUT2D eigenvalue weighted by Gasteiger charge is 2.36. The number of rotatable bonds is 6. The Balaban J connectivity index is 1.27. The van der Waals surface area contributed by atoms with E-state index >= 15 is 0 Å². The van der Waals surface area contributed by atoms with Crippen LogP contribution in [0.1, 0.15) is 40.7 Å².